The second-order valence-electron chi connectivity index (χ2n) is 7.41. The summed E-state index contributed by atoms with van der Waals surface area (Å²) in [4.78, 5) is 37.5. The van der Waals surface area contributed by atoms with Crippen LogP contribution in [0.5, 0.6) is 0 Å². The van der Waals surface area contributed by atoms with E-state index in [2.05, 4.69) is 10.6 Å². The Balaban J connectivity index is 1.50. The molecule has 0 aromatic heterocycles. The number of hydrogen-bond acceptors (Lipinski definition) is 3. The molecule has 6 nitrogen and oxygen atoms in total. The Kier molecular flexibility index (Phi) is 4.79. The second kappa shape index (κ2) is 6.86. The van der Waals surface area contributed by atoms with Gasteiger partial charge in [-0.15, -0.1) is 0 Å². The Morgan fingerprint density at radius 2 is 1.96 bits per heavy atom. The molecule has 1 aromatic rings. The van der Waals surface area contributed by atoms with Crippen molar-refractivity contribution < 1.29 is 14.4 Å². The average molecular weight is 343 g/mol. The minimum Gasteiger partial charge on any atom is -0.349 e. The number of nitrogens with zero attached hydrogens (tertiary/aromatic N) is 1. The van der Waals surface area contributed by atoms with Gasteiger partial charge in [0.2, 0.25) is 5.91 Å². The van der Waals surface area contributed by atoms with E-state index in [1.54, 1.807) is 13.8 Å². The summed E-state index contributed by atoms with van der Waals surface area (Å²) in [6.45, 7) is 3.63. The van der Waals surface area contributed by atoms with E-state index in [4.69, 9.17) is 0 Å². The molecule has 1 aliphatic carbocycles. The first-order valence-corrected chi connectivity index (χ1v) is 8.87. The molecule has 4 amide bonds. The molecular formula is C19H25N3O3. The summed E-state index contributed by atoms with van der Waals surface area (Å²) in [5.74, 6) is 0.239. The van der Waals surface area contributed by atoms with E-state index in [1.807, 2.05) is 30.3 Å². The second-order valence-corrected chi connectivity index (χ2v) is 7.41. The van der Waals surface area contributed by atoms with Gasteiger partial charge in [-0.3, -0.25) is 14.5 Å². The highest BCUT2D eigenvalue weighted by Crippen LogP contribution is 2.40. The van der Waals surface area contributed by atoms with Gasteiger partial charge in [0.1, 0.15) is 5.54 Å². The maximum Gasteiger partial charge on any atom is 0.325 e. The zero-order valence-electron chi connectivity index (χ0n) is 14.7. The number of amides is 4. The number of nitrogens with one attached hydrogen (secondary N) is 2. The van der Waals surface area contributed by atoms with Gasteiger partial charge in [-0.1, -0.05) is 30.3 Å². The van der Waals surface area contributed by atoms with E-state index in [-0.39, 0.29) is 30.4 Å². The maximum absolute atomic E-state index is 12.3. The van der Waals surface area contributed by atoms with Crippen LogP contribution >= 0.6 is 0 Å². The van der Waals surface area contributed by atoms with Gasteiger partial charge in [0.25, 0.3) is 5.91 Å². The number of imide groups is 1. The van der Waals surface area contributed by atoms with Crippen molar-refractivity contribution >= 4 is 17.8 Å². The van der Waals surface area contributed by atoms with E-state index in [1.165, 1.54) is 4.90 Å². The quantitative estimate of drug-likeness (QED) is 0.746. The lowest BCUT2D eigenvalue weighted by atomic mass is 10.0. The van der Waals surface area contributed by atoms with Crippen LogP contribution in [-0.4, -0.2) is 34.8 Å². The van der Waals surface area contributed by atoms with Crippen LogP contribution < -0.4 is 10.6 Å². The molecule has 2 fully saturated rings. The molecule has 0 radical (unpaired) electrons. The highest BCUT2D eigenvalue weighted by molar-refractivity contribution is 6.06. The van der Waals surface area contributed by atoms with Gasteiger partial charge < -0.3 is 10.6 Å². The van der Waals surface area contributed by atoms with Crippen LogP contribution in [0.1, 0.15) is 51.1 Å². The van der Waals surface area contributed by atoms with Crippen molar-refractivity contribution in [3.05, 3.63) is 35.9 Å². The Labute approximate surface area is 148 Å². The zero-order valence-corrected chi connectivity index (χ0v) is 14.7. The molecule has 1 saturated heterocycles. The van der Waals surface area contributed by atoms with Crippen molar-refractivity contribution in [1.82, 2.24) is 15.5 Å². The highest BCUT2D eigenvalue weighted by atomic mass is 16.2. The number of rotatable bonds is 7. The fourth-order valence-electron chi connectivity index (χ4n) is 3.23. The van der Waals surface area contributed by atoms with E-state index < -0.39 is 5.54 Å². The van der Waals surface area contributed by atoms with Gasteiger partial charge in [-0.25, -0.2) is 4.79 Å². The van der Waals surface area contributed by atoms with Crippen molar-refractivity contribution in [2.75, 3.05) is 6.54 Å². The minimum atomic E-state index is -0.857. The number of benzene rings is 1. The molecule has 1 aromatic carbocycles. The van der Waals surface area contributed by atoms with Crippen LogP contribution in [0.3, 0.4) is 0 Å². The van der Waals surface area contributed by atoms with Crippen LogP contribution in [0.4, 0.5) is 4.79 Å². The summed E-state index contributed by atoms with van der Waals surface area (Å²) in [7, 11) is 0. The van der Waals surface area contributed by atoms with Crippen molar-refractivity contribution in [1.29, 1.82) is 0 Å². The lowest BCUT2D eigenvalue weighted by Crippen LogP contribution is -2.40. The zero-order chi connectivity index (χ0) is 18.0. The Morgan fingerprint density at radius 3 is 2.52 bits per heavy atom. The molecule has 0 bridgehead atoms. The van der Waals surface area contributed by atoms with Crippen molar-refractivity contribution in [3.8, 4) is 0 Å². The average Bonchev–Trinajstić information content (AvgIpc) is 3.38. The first kappa shape index (κ1) is 17.5. The third-order valence-electron chi connectivity index (χ3n) is 4.80. The molecule has 2 N–H and O–H groups in total. The van der Waals surface area contributed by atoms with E-state index in [0.29, 0.717) is 18.8 Å². The lowest BCUT2D eigenvalue weighted by Gasteiger charge is -2.19. The maximum atomic E-state index is 12.3. The Hall–Kier alpha value is -2.37. The number of carbonyl (C=O) groups is 3. The van der Waals surface area contributed by atoms with Gasteiger partial charge in [0.15, 0.2) is 0 Å². The summed E-state index contributed by atoms with van der Waals surface area (Å²) < 4.78 is 0. The predicted molar refractivity (Wildman–Crippen MR) is 93.6 cm³/mol. The number of urea groups is 1. The Bertz CT molecular complexity index is 668. The fraction of sp³-hybridized carbons (Fsp3) is 0.526. The van der Waals surface area contributed by atoms with Crippen LogP contribution in [0.25, 0.3) is 0 Å². The molecule has 1 saturated carbocycles. The smallest absolute Gasteiger partial charge is 0.325 e. The molecule has 2 aliphatic rings. The minimum absolute atomic E-state index is 0.0351. The molecule has 6 heteroatoms. The van der Waals surface area contributed by atoms with E-state index >= 15 is 0 Å². The van der Waals surface area contributed by atoms with Gasteiger partial charge in [-0.2, -0.15) is 0 Å². The number of hydrogen-bond donors (Lipinski definition) is 2. The summed E-state index contributed by atoms with van der Waals surface area (Å²) in [5.41, 5.74) is 0.276. The van der Waals surface area contributed by atoms with Gasteiger partial charge >= 0.3 is 6.03 Å². The standard InChI is InChI=1S/C19H25N3O3/c1-19(2)17(24)22(18(25)21-19)12-6-9-15(23)20-16(14-10-11-14)13-7-4-3-5-8-13/h3-5,7-8,14,16H,6,9-12H2,1-2H3,(H,20,23)(H,21,25). The van der Waals surface area contributed by atoms with Gasteiger partial charge in [0.05, 0.1) is 6.04 Å². The normalized spacial score (nSPS) is 20.3. The highest BCUT2D eigenvalue weighted by Gasteiger charge is 2.43. The molecule has 134 valence electrons. The van der Waals surface area contributed by atoms with Gasteiger partial charge in [0, 0.05) is 13.0 Å². The molecule has 1 aliphatic heterocycles. The molecule has 1 atom stereocenters. The third kappa shape index (κ3) is 4.00. The molecule has 1 unspecified atom stereocenters. The summed E-state index contributed by atoms with van der Waals surface area (Å²) in [5, 5.41) is 5.76. The van der Waals surface area contributed by atoms with Crippen LogP contribution in [0.2, 0.25) is 0 Å². The summed E-state index contributed by atoms with van der Waals surface area (Å²) in [6, 6.07) is 9.69. The molecule has 1 heterocycles. The summed E-state index contributed by atoms with van der Waals surface area (Å²) in [6.07, 6.45) is 3.04. The van der Waals surface area contributed by atoms with Crippen molar-refractivity contribution in [2.45, 2.75) is 51.1 Å². The lowest BCUT2D eigenvalue weighted by molar-refractivity contribution is -0.130. The van der Waals surface area contributed by atoms with Crippen molar-refractivity contribution in [3.63, 3.8) is 0 Å². The summed E-state index contributed by atoms with van der Waals surface area (Å²) >= 11 is 0. The van der Waals surface area contributed by atoms with Crippen molar-refractivity contribution in [2.24, 2.45) is 5.92 Å². The number of carbonyl (C=O) groups excluding carboxylic acids is 3. The van der Waals surface area contributed by atoms with Crippen LogP contribution in [-0.2, 0) is 9.59 Å². The third-order valence-corrected chi connectivity index (χ3v) is 4.80. The fourth-order valence-corrected chi connectivity index (χ4v) is 3.23. The molecular weight excluding hydrogens is 318 g/mol. The SMILES string of the molecule is CC1(C)NC(=O)N(CCCC(=O)NC(c2ccccc2)C2CC2)C1=O. The Morgan fingerprint density at radius 1 is 1.28 bits per heavy atom. The van der Waals surface area contributed by atoms with E-state index in [0.717, 1.165) is 18.4 Å². The topological polar surface area (TPSA) is 78.5 Å². The van der Waals surface area contributed by atoms with Gasteiger partial charge in [-0.05, 0) is 44.6 Å². The van der Waals surface area contributed by atoms with Crippen LogP contribution in [0.15, 0.2) is 30.3 Å². The molecule has 3 rings (SSSR count). The van der Waals surface area contributed by atoms with Crippen LogP contribution in [0, 0.1) is 5.92 Å². The molecule has 0 spiro atoms. The monoisotopic (exact) mass is 343 g/mol. The largest absolute Gasteiger partial charge is 0.349 e. The predicted octanol–water partition coefficient (Wildman–Crippen LogP) is 2.36. The molecule has 25 heavy (non-hydrogen) atoms. The first-order chi connectivity index (χ1) is 11.9. The first-order valence-electron chi connectivity index (χ1n) is 8.87. The van der Waals surface area contributed by atoms with E-state index in [9.17, 15) is 14.4 Å².